The molecule has 1 aromatic rings. The SMILES string of the molecule is C=Nc1ccc(C#CC#N)cc1. The van der Waals surface area contributed by atoms with Crippen LogP contribution in [0.4, 0.5) is 5.69 Å². The highest BCUT2D eigenvalue weighted by atomic mass is 14.7. The van der Waals surface area contributed by atoms with E-state index in [1.807, 2.05) is 0 Å². The Bertz CT molecular complexity index is 371. The topological polar surface area (TPSA) is 36.1 Å². The summed E-state index contributed by atoms with van der Waals surface area (Å²) in [6.07, 6.45) is 0. The van der Waals surface area contributed by atoms with Crippen LogP contribution < -0.4 is 0 Å². The maximum Gasteiger partial charge on any atom is 0.152 e. The van der Waals surface area contributed by atoms with Crippen LogP contribution in [0, 0.1) is 23.2 Å². The Kier molecular flexibility index (Phi) is 2.65. The quantitative estimate of drug-likeness (QED) is 0.449. The van der Waals surface area contributed by atoms with Gasteiger partial charge in [0.1, 0.15) is 0 Å². The zero-order valence-electron chi connectivity index (χ0n) is 6.41. The Hall–Kier alpha value is -2.06. The fourth-order valence-electron chi connectivity index (χ4n) is 0.750. The minimum Gasteiger partial charge on any atom is -0.265 e. The van der Waals surface area contributed by atoms with E-state index < -0.39 is 0 Å². The summed E-state index contributed by atoms with van der Waals surface area (Å²) in [4.78, 5) is 3.73. The van der Waals surface area contributed by atoms with E-state index in [-0.39, 0.29) is 0 Å². The lowest BCUT2D eigenvalue weighted by atomic mass is 10.2. The molecule has 1 aromatic carbocycles. The largest absolute Gasteiger partial charge is 0.265 e. The molecule has 56 valence electrons. The number of nitriles is 1. The van der Waals surface area contributed by atoms with Crippen LogP contribution in [0.5, 0.6) is 0 Å². The molecular formula is C10H6N2. The van der Waals surface area contributed by atoms with E-state index in [2.05, 4.69) is 23.6 Å². The van der Waals surface area contributed by atoms with Crippen LogP contribution in [-0.4, -0.2) is 6.72 Å². The van der Waals surface area contributed by atoms with Crippen LogP contribution >= 0.6 is 0 Å². The second-order valence-electron chi connectivity index (χ2n) is 2.07. The maximum absolute atomic E-state index is 8.18. The highest BCUT2D eigenvalue weighted by Gasteiger charge is 1.86. The van der Waals surface area contributed by atoms with Crippen molar-refractivity contribution in [1.82, 2.24) is 0 Å². The molecule has 0 aromatic heterocycles. The fourth-order valence-corrected chi connectivity index (χ4v) is 0.750. The monoisotopic (exact) mass is 154 g/mol. The van der Waals surface area contributed by atoms with Crippen LogP contribution in [0.3, 0.4) is 0 Å². The third-order valence-electron chi connectivity index (χ3n) is 1.31. The first-order valence-corrected chi connectivity index (χ1v) is 3.33. The molecule has 0 unspecified atom stereocenters. The van der Waals surface area contributed by atoms with E-state index in [9.17, 15) is 0 Å². The Balaban J connectivity index is 2.94. The van der Waals surface area contributed by atoms with E-state index in [1.165, 1.54) is 0 Å². The molecule has 0 bridgehead atoms. The molecular weight excluding hydrogens is 148 g/mol. The summed E-state index contributed by atoms with van der Waals surface area (Å²) >= 11 is 0. The van der Waals surface area contributed by atoms with Crippen LogP contribution in [-0.2, 0) is 0 Å². The summed E-state index contributed by atoms with van der Waals surface area (Å²) in [5.74, 6) is 4.98. The van der Waals surface area contributed by atoms with Gasteiger partial charge in [0.05, 0.1) is 5.69 Å². The summed E-state index contributed by atoms with van der Waals surface area (Å²) in [5, 5.41) is 8.18. The summed E-state index contributed by atoms with van der Waals surface area (Å²) in [5.41, 5.74) is 1.61. The third-order valence-corrected chi connectivity index (χ3v) is 1.31. The zero-order chi connectivity index (χ0) is 8.81. The average molecular weight is 154 g/mol. The third kappa shape index (κ3) is 1.97. The van der Waals surface area contributed by atoms with Gasteiger partial charge in [0, 0.05) is 11.5 Å². The van der Waals surface area contributed by atoms with Gasteiger partial charge in [-0.25, -0.2) is 0 Å². The van der Waals surface area contributed by atoms with E-state index >= 15 is 0 Å². The number of hydrogen-bond donors (Lipinski definition) is 0. The van der Waals surface area contributed by atoms with E-state index in [0.717, 1.165) is 11.3 Å². The second-order valence-corrected chi connectivity index (χ2v) is 2.07. The normalized spacial score (nSPS) is 7.58. The van der Waals surface area contributed by atoms with Gasteiger partial charge in [-0.2, -0.15) is 5.26 Å². The lowest BCUT2D eigenvalue weighted by Crippen LogP contribution is -1.70. The van der Waals surface area contributed by atoms with Crippen LogP contribution in [0.1, 0.15) is 5.56 Å². The van der Waals surface area contributed by atoms with E-state index in [4.69, 9.17) is 5.26 Å². The van der Waals surface area contributed by atoms with Gasteiger partial charge in [-0.3, -0.25) is 4.99 Å². The van der Waals surface area contributed by atoms with E-state index in [0.29, 0.717) is 0 Å². The molecule has 0 aliphatic carbocycles. The molecule has 0 amide bonds. The number of nitrogens with zero attached hydrogens (tertiary/aromatic N) is 2. The van der Waals surface area contributed by atoms with Crippen molar-refractivity contribution < 1.29 is 0 Å². The summed E-state index contributed by atoms with van der Waals surface area (Å²) in [6.45, 7) is 3.38. The summed E-state index contributed by atoms with van der Waals surface area (Å²) in [6, 6.07) is 8.95. The molecule has 0 saturated carbocycles. The molecule has 0 aliphatic heterocycles. The van der Waals surface area contributed by atoms with Gasteiger partial charge < -0.3 is 0 Å². The standard InChI is InChI=1S/C10H6N2/c1-12-10-6-4-9(5-7-10)3-2-8-11/h4-7H,1H2. The predicted octanol–water partition coefficient (Wildman–Crippen LogP) is 1.89. The van der Waals surface area contributed by atoms with Crippen molar-refractivity contribution in [3.63, 3.8) is 0 Å². The summed E-state index contributed by atoms with van der Waals surface area (Å²) < 4.78 is 0. The van der Waals surface area contributed by atoms with Crippen molar-refractivity contribution >= 4 is 12.4 Å². The first-order chi connectivity index (χ1) is 5.86. The lowest BCUT2D eigenvalue weighted by Gasteiger charge is -1.90. The van der Waals surface area contributed by atoms with Crippen molar-refractivity contribution in [2.24, 2.45) is 4.99 Å². The Morgan fingerprint density at radius 3 is 2.42 bits per heavy atom. The van der Waals surface area contributed by atoms with Gasteiger partial charge in [-0.1, -0.05) is 5.92 Å². The second kappa shape index (κ2) is 3.95. The molecule has 0 atom stereocenters. The smallest absolute Gasteiger partial charge is 0.152 e. The van der Waals surface area contributed by atoms with E-state index in [1.54, 1.807) is 30.3 Å². The van der Waals surface area contributed by atoms with Gasteiger partial charge in [0.15, 0.2) is 6.07 Å². The van der Waals surface area contributed by atoms with Crippen molar-refractivity contribution in [2.45, 2.75) is 0 Å². The van der Waals surface area contributed by atoms with Crippen LogP contribution in [0.2, 0.25) is 0 Å². The average Bonchev–Trinajstić information content (AvgIpc) is 2.15. The van der Waals surface area contributed by atoms with Crippen molar-refractivity contribution in [3.8, 4) is 17.9 Å². The molecule has 1 rings (SSSR count). The lowest BCUT2D eigenvalue weighted by molar-refractivity contribution is 1.53. The minimum atomic E-state index is 0.803. The molecule has 0 aliphatic rings. The van der Waals surface area contributed by atoms with Crippen LogP contribution in [0.25, 0.3) is 0 Å². The Morgan fingerprint density at radius 1 is 1.25 bits per heavy atom. The minimum absolute atomic E-state index is 0.803. The molecule has 2 nitrogen and oxygen atoms in total. The Labute approximate surface area is 71.2 Å². The molecule has 0 radical (unpaired) electrons. The molecule has 2 heteroatoms. The number of aliphatic imine (C=N–C) groups is 1. The highest BCUT2D eigenvalue weighted by molar-refractivity contribution is 5.49. The fraction of sp³-hybridized carbons (Fsp3) is 0. The summed E-state index contributed by atoms with van der Waals surface area (Å²) in [7, 11) is 0. The van der Waals surface area contributed by atoms with Crippen LogP contribution in [0.15, 0.2) is 29.3 Å². The molecule has 0 saturated heterocycles. The first kappa shape index (κ1) is 8.04. The van der Waals surface area contributed by atoms with Gasteiger partial charge >= 0.3 is 0 Å². The molecule has 0 fully saturated rings. The molecule has 0 heterocycles. The van der Waals surface area contributed by atoms with Gasteiger partial charge in [0.25, 0.3) is 0 Å². The van der Waals surface area contributed by atoms with Gasteiger partial charge in [-0.15, -0.1) is 0 Å². The van der Waals surface area contributed by atoms with Crippen molar-refractivity contribution in [1.29, 1.82) is 5.26 Å². The van der Waals surface area contributed by atoms with Gasteiger partial charge in [0.2, 0.25) is 0 Å². The number of benzene rings is 1. The zero-order valence-corrected chi connectivity index (χ0v) is 6.41. The highest BCUT2D eigenvalue weighted by Crippen LogP contribution is 2.10. The maximum atomic E-state index is 8.18. The number of rotatable bonds is 1. The van der Waals surface area contributed by atoms with Crippen molar-refractivity contribution in [3.05, 3.63) is 29.8 Å². The van der Waals surface area contributed by atoms with Crippen molar-refractivity contribution in [2.75, 3.05) is 0 Å². The first-order valence-electron chi connectivity index (χ1n) is 3.33. The molecule has 0 N–H and O–H groups in total. The predicted molar refractivity (Wildman–Crippen MR) is 48.1 cm³/mol. The molecule has 0 spiro atoms. The van der Waals surface area contributed by atoms with Gasteiger partial charge in [-0.05, 0) is 31.0 Å². The Morgan fingerprint density at radius 2 is 1.92 bits per heavy atom. The number of hydrogen-bond acceptors (Lipinski definition) is 2. The molecule has 12 heavy (non-hydrogen) atoms.